The third-order valence-electron chi connectivity index (χ3n) is 0. The average Bonchev–Trinajstić information content (AvgIpc) is 1.94. The van der Waals surface area contributed by atoms with E-state index >= 15 is 0 Å². The SMILES string of the molecule is [Na+].[Na+].[Na+].[Na+].[Na+].[Na+].[Na+].[Na+].[Na+].[Na+].[Na+].[Na+].[O]=[Sb]([O-])([O-])[F].[O]=[Sb]([O-])([O-])[F].[O]=[Sb]([O-])([O-])[F].[O]=[Sb]([O-])([O-])[F].[O]=[Sb]([O-])([O-])[F].[O]=[Sb]([O-])([O-])[F]. The minimum atomic E-state index is -6.35. The van der Waals surface area contributed by atoms with Crippen molar-refractivity contribution in [3.05, 3.63) is 0 Å². The first kappa shape index (κ1) is 117. The van der Waals surface area contributed by atoms with Gasteiger partial charge in [0.1, 0.15) is 0 Å². The van der Waals surface area contributed by atoms with Gasteiger partial charge >= 0.3 is 552 Å². The molecule has 18 nitrogen and oxygen atoms in total. The topological polar surface area (TPSA) is 379 Å². The van der Waals surface area contributed by atoms with Gasteiger partial charge < -0.3 is 0 Å². The third-order valence-corrected chi connectivity index (χ3v) is 0. The maximum absolute atomic E-state index is 10.2. The van der Waals surface area contributed by atoms with Crippen LogP contribution in [0.3, 0.4) is 0 Å². The normalized spacial score (nSPS) is 8.43. The van der Waals surface area contributed by atoms with Crippen LogP contribution in [0, 0.1) is 0 Å². The fraction of sp³-hybridized carbons (Fsp3) is 0. The van der Waals surface area contributed by atoms with Gasteiger partial charge in [-0.1, -0.05) is 0 Å². The van der Waals surface area contributed by atoms with E-state index in [0.29, 0.717) is 0 Å². The van der Waals surface area contributed by atoms with Crippen molar-refractivity contribution in [1.82, 2.24) is 0 Å². The van der Waals surface area contributed by atoms with Gasteiger partial charge in [-0.3, -0.25) is 0 Å². The van der Waals surface area contributed by atoms with Gasteiger partial charge in [-0.2, -0.15) is 0 Å². The molecule has 0 aliphatic heterocycles. The van der Waals surface area contributed by atoms with Crippen LogP contribution in [0.15, 0.2) is 0 Å². The molecule has 0 amide bonds. The van der Waals surface area contributed by atoms with Crippen molar-refractivity contribution < 1.29 is 430 Å². The summed E-state index contributed by atoms with van der Waals surface area (Å²) in [5.41, 5.74) is 0. The number of hydrogen-bond donors (Lipinski definition) is 0. The quantitative estimate of drug-likeness (QED) is 0.161. The molecule has 0 bridgehead atoms. The monoisotopic (exact) mass is 1400 g/mol. The Morgan fingerprint density at radius 2 is 0.214 bits per heavy atom. The molecule has 0 rings (SSSR count). The van der Waals surface area contributed by atoms with Gasteiger partial charge in [-0.05, 0) is 0 Å². The van der Waals surface area contributed by atoms with Gasteiger partial charge in [0, 0.05) is 0 Å². The van der Waals surface area contributed by atoms with Crippen molar-refractivity contribution in [2.75, 3.05) is 0 Å². The molecule has 0 aromatic carbocycles. The molecule has 42 heavy (non-hydrogen) atoms. The van der Waals surface area contributed by atoms with E-state index in [0.717, 1.165) is 0 Å². The molecule has 0 spiro atoms. The summed E-state index contributed by atoms with van der Waals surface area (Å²) in [6.07, 6.45) is 0. The van der Waals surface area contributed by atoms with Crippen LogP contribution in [0.5, 0.6) is 0 Å². The first-order valence-electron chi connectivity index (χ1n) is 4.30. The zero-order valence-corrected chi connectivity index (χ0v) is 63.6. The van der Waals surface area contributed by atoms with Crippen molar-refractivity contribution in [2.45, 2.75) is 0 Å². The molecule has 0 unspecified atom stereocenters. The molecule has 0 heterocycles. The Morgan fingerprint density at radius 1 is 0.214 bits per heavy atom. The molecule has 192 valence electrons. The van der Waals surface area contributed by atoms with E-state index in [9.17, 15) is 16.9 Å². The van der Waals surface area contributed by atoms with Crippen molar-refractivity contribution in [3.8, 4) is 0 Å². The van der Waals surface area contributed by atoms with Gasteiger partial charge in [0.05, 0.1) is 0 Å². The predicted octanol–water partition coefficient (Wildman–Crippen LogP) is -50.7. The maximum atomic E-state index is 10.2. The Morgan fingerprint density at radius 3 is 0.214 bits per heavy atom. The first-order valence-corrected chi connectivity index (χ1v) is 28.8. The molecule has 0 aromatic rings. The van der Waals surface area contributed by atoms with Crippen LogP contribution in [0.4, 0.5) is 16.9 Å². The summed E-state index contributed by atoms with van der Waals surface area (Å²) in [5.74, 6) is 0. The van der Waals surface area contributed by atoms with E-state index in [2.05, 4.69) is 0 Å². The minimum absolute atomic E-state index is 0. The van der Waals surface area contributed by atoms with Crippen LogP contribution in [0.2, 0.25) is 0 Å². The molecule has 42 heteroatoms. The molecule has 0 aliphatic carbocycles. The van der Waals surface area contributed by atoms with Gasteiger partial charge in [0.2, 0.25) is 0 Å². The Hall–Kier alpha value is 14.8. The van der Waals surface area contributed by atoms with Crippen LogP contribution < -0.4 is 395 Å². The Balaban J connectivity index is -0.00000000973. The number of halogens is 6. The average molecular weight is 1410 g/mol. The fourth-order valence-corrected chi connectivity index (χ4v) is 0. The standard InChI is InChI=1S/6FH.12Na.18O.6Sb/h6*1H;;;;;;;;;;;;;;;;;;;;;;;;;;;;;;;;;;;;/q;;;;;;12*+1;;;;;;;12*-1;6*+1/p-6. The molecular weight excluding hydrogens is 1410 g/mol. The Kier molecular flexibility index (Phi) is 182. The summed E-state index contributed by atoms with van der Waals surface area (Å²) >= 11 is -38.1. The van der Waals surface area contributed by atoms with Crippen LogP contribution in [0.1, 0.15) is 0 Å². The molecule has 0 saturated heterocycles. The van der Waals surface area contributed by atoms with Crippen LogP contribution in [-0.4, -0.2) is 121 Å². The molecule has 0 saturated carbocycles. The van der Waals surface area contributed by atoms with E-state index in [1.54, 1.807) is 0 Å². The predicted molar refractivity (Wildman–Crippen MR) is 45.3 cm³/mol. The molecule has 0 aliphatic rings. The summed E-state index contributed by atoms with van der Waals surface area (Å²) in [7, 11) is 0. The zero-order valence-electron chi connectivity index (χ0n) is 24.3. The van der Waals surface area contributed by atoms with Crippen molar-refractivity contribution in [1.29, 1.82) is 0 Å². The van der Waals surface area contributed by atoms with Crippen molar-refractivity contribution in [3.63, 3.8) is 0 Å². The third kappa shape index (κ3) is 724. The molecular formula is F6Na12O18Sb6. The summed E-state index contributed by atoms with van der Waals surface area (Å²) < 4.78 is 215. The van der Waals surface area contributed by atoms with E-state index in [4.69, 9.17) is 58.7 Å². The van der Waals surface area contributed by atoms with Gasteiger partial charge in [0.25, 0.3) is 0 Å². The van der Waals surface area contributed by atoms with Gasteiger partial charge in [-0.25, -0.2) is 0 Å². The van der Waals surface area contributed by atoms with Crippen LogP contribution >= 0.6 is 0 Å². The number of hydrogen-bond acceptors (Lipinski definition) is 18. The molecule has 0 fully saturated rings. The first-order chi connectivity index (χ1) is 12.0. The van der Waals surface area contributed by atoms with Gasteiger partial charge in [-0.15, -0.1) is 0 Å². The molecule has 0 aromatic heterocycles. The van der Waals surface area contributed by atoms with Crippen molar-refractivity contribution >= 4 is 121 Å². The zero-order chi connectivity index (χ0) is 27.0. The summed E-state index contributed by atoms with van der Waals surface area (Å²) in [6.45, 7) is 0. The second-order valence-corrected chi connectivity index (χ2v) is 17.3. The second kappa shape index (κ2) is 64.9. The van der Waals surface area contributed by atoms with Crippen LogP contribution in [0.25, 0.3) is 0 Å². The van der Waals surface area contributed by atoms with Crippen LogP contribution in [-0.2, 0) is 18.1 Å². The van der Waals surface area contributed by atoms with E-state index in [1.165, 1.54) is 0 Å². The van der Waals surface area contributed by atoms with E-state index in [-0.39, 0.29) is 355 Å². The summed E-state index contributed by atoms with van der Waals surface area (Å²) in [5, 5.41) is 0. The van der Waals surface area contributed by atoms with E-state index < -0.39 is 121 Å². The summed E-state index contributed by atoms with van der Waals surface area (Å²) in [6, 6.07) is 0. The number of rotatable bonds is 0. The molecule has 0 atom stereocenters. The second-order valence-electron chi connectivity index (χ2n) is 2.58. The van der Waals surface area contributed by atoms with Crippen molar-refractivity contribution in [2.24, 2.45) is 0 Å². The Bertz CT molecular complexity index is 510. The van der Waals surface area contributed by atoms with Gasteiger partial charge in [0.15, 0.2) is 0 Å². The summed E-state index contributed by atoms with van der Waals surface area (Å²) in [4.78, 5) is 0. The van der Waals surface area contributed by atoms with E-state index in [1.807, 2.05) is 0 Å². The Labute approximate surface area is 534 Å². The molecule has 0 radical (unpaired) electrons. The fourth-order valence-electron chi connectivity index (χ4n) is 0. The molecule has 0 N–H and O–H groups in total.